The number of nitrogens with zero attached hydrogens (tertiary/aromatic N) is 1. The summed E-state index contributed by atoms with van der Waals surface area (Å²) in [6.45, 7) is 2.13. The van der Waals surface area contributed by atoms with Crippen molar-refractivity contribution in [2.75, 3.05) is 0 Å². The first kappa shape index (κ1) is 12.4. The average molecular weight is 261 g/mol. The van der Waals surface area contributed by atoms with E-state index in [0.717, 1.165) is 30.3 Å². The van der Waals surface area contributed by atoms with Crippen LogP contribution in [0.25, 0.3) is 0 Å². The Morgan fingerprint density at radius 1 is 1.29 bits per heavy atom. The summed E-state index contributed by atoms with van der Waals surface area (Å²) in [5, 5.41) is -0.513. The van der Waals surface area contributed by atoms with Crippen LogP contribution in [0.15, 0.2) is 9.59 Å². The first-order valence-electron chi connectivity index (χ1n) is 5.70. The number of rotatable bonds is 1. The van der Waals surface area contributed by atoms with Gasteiger partial charge >= 0.3 is 5.69 Å². The maximum atomic E-state index is 13.4. The van der Waals surface area contributed by atoms with Gasteiger partial charge in [-0.1, -0.05) is 18.5 Å². The fraction of sp³-hybridized carbons (Fsp3) is 0.636. The summed E-state index contributed by atoms with van der Waals surface area (Å²) >= 11 is 5.41. The normalized spacial score (nSPS) is 24.9. The Balaban J connectivity index is 2.43. The van der Waals surface area contributed by atoms with Gasteiger partial charge in [0, 0.05) is 6.04 Å². The molecule has 1 fully saturated rings. The van der Waals surface area contributed by atoms with Gasteiger partial charge in [-0.3, -0.25) is 14.3 Å². The number of H-pyrrole nitrogens is 1. The highest BCUT2D eigenvalue weighted by Gasteiger charge is 2.24. The van der Waals surface area contributed by atoms with E-state index < -0.39 is 22.2 Å². The molecule has 0 bridgehead atoms. The SMILES string of the molecule is CC1CCC(n2c(=O)[nH]c(Cl)c(F)c2=O)CC1. The maximum absolute atomic E-state index is 13.4. The Labute approximate surface area is 102 Å². The van der Waals surface area contributed by atoms with Crippen molar-refractivity contribution in [2.45, 2.75) is 38.6 Å². The summed E-state index contributed by atoms with van der Waals surface area (Å²) in [6, 6.07) is -0.214. The van der Waals surface area contributed by atoms with Crippen LogP contribution in [-0.2, 0) is 0 Å². The van der Waals surface area contributed by atoms with Crippen molar-refractivity contribution < 1.29 is 4.39 Å². The number of halogens is 2. The molecule has 0 aliphatic heterocycles. The second-order valence-electron chi connectivity index (χ2n) is 4.65. The first-order chi connectivity index (χ1) is 8.00. The standard InChI is InChI=1S/C11H14ClFN2O2/c1-6-2-4-7(5-3-6)15-10(16)8(13)9(12)14-11(15)17/h6-7H,2-5H2,1H3,(H,14,17). The molecule has 6 heteroatoms. The molecule has 0 aromatic carbocycles. The summed E-state index contributed by atoms with van der Waals surface area (Å²) in [7, 11) is 0. The van der Waals surface area contributed by atoms with Gasteiger partial charge in [-0.2, -0.15) is 4.39 Å². The lowest BCUT2D eigenvalue weighted by atomic mass is 9.87. The van der Waals surface area contributed by atoms with Gasteiger partial charge in [0.1, 0.15) is 0 Å². The van der Waals surface area contributed by atoms with E-state index in [1.54, 1.807) is 0 Å². The van der Waals surface area contributed by atoms with Crippen LogP contribution < -0.4 is 11.2 Å². The zero-order chi connectivity index (χ0) is 12.6. The Bertz CT molecular complexity index is 529. The lowest BCUT2D eigenvalue weighted by Crippen LogP contribution is -2.41. The fourth-order valence-corrected chi connectivity index (χ4v) is 2.49. The molecular weight excluding hydrogens is 247 g/mol. The molecule has 1 aromatic heterocycles. The van der Waals surface area contributed by atoms with Crippen LogP contribution in [0.5, 0.6) is 0 Å². The smallest absolute Gasteiger partial charge is 0.295 e. The van der Waals surface area contributed by atoms with Crippen molar-refractivity contribution in [3.8, 4) is 0 Å². The van der Waals surface area contributed by atoms with Gasteiger partial charge in [0.2, 0.25) is 5.82 Å². The monoisotopic (exact) mass is 260 g/mol. The maximum Gasteiger partial charge on any atom is 0.329 e. The second kappa shape index (κ2) is 4.64. The van der Waals surface area contributed by atoms with Crippen molar-refractivity contribution in [3.05, 3.63) is 31.8 Å². The average Bonchev–Trinajstić information content (AvgIpc) is 2.29. The minimum Gasteiger partial charge on any atom is -0.295 e. The minimum atomic E-state index is -1.08. The van der Waals surface area contributed by atoms with Gasteiger partial charge in [0.15, 0.2) is 5.15 Å². The number of aromatic nitrogens is 2. The van der Waals surface area contributed by atoms with Crippen LogP contribution in [0.4, 0.5) is 4.39 Å². The highest BCUT2D eigenvalue weighted by atomic mass is 35.5. The van der Waals surface area contributed by atoms with Gasteiger partial charge in [-0.15, -0.1) is 0 Å². The van der Waals surface area contributed by atoms with Crippen LogP contribution >= 0.6 is 11.6 Å². The third kappa shape index (κ3) is 2.29. The zero-order valence-electron chi connectivity index (χ0n) is 9.50. The number of nitrogens with one attached hydrogen (secondary N) is 1. The van der Waals surface area contributed by atoms with E-state index in [2.05, 4.69) is 11.9 Å². The molecule has 1 aromatic rings. The van der Waals surface area contributed by atoms with Gasteiger partial charge in [-0.25, -0.2) is 4.79 Å². The summed E-state index contributed by atoms with van der Waals surface area (Å²) in [4.78, 5) is 25.5. The van der Waals surface area contributed by atoms with Crippen LogP contribution in [0, 0.1) is 11.7 Å². The predicted octanol–water partition coefficient (Wildman–Crippen LogP) is 2.08. The minimum absolute atomic E-state index is 0.214. The highest BCUT2D eigenvalue weighted by Crippen LogP contribution is 2.30. The Hall–Kier alpha value is -1.10. The Morgan fingerprint density at radius 3 is 2.47 bits per heavy atom. The van der Waals surface area contributed by atoms with Gasteiger partial charge in [0.25, 0.3) is 5.56 Å². The molecule has 1 N–H and O–H groups in total. The van der Waals surface area contributed by atoms with E-state index in [1.807, 2.05) is 0 Å². The molecule has 0 spiro atoms. The predicted molar refractivity (Wildman–Crippen MR) is 63.0 cm³/mol. The van der Waals surface area contributed by atoms with Crippen molar-refractivity contribution in [1.82, 2.24) is 9.55 Å². The van der Waals surface area contributed by atoms with E-state index in [1.165, 1.54) is 0 Å². The first-order valence-corrected chi connectivity index (χ1v) is 6.08. The van der Waals surface area contributed by atoms with Crippen LogP contribution in [0.2, 0.25) is 5.15 Å². The van der Waals surface area contributed by atoms with E-state index >= 15 is 0 Å². The van der Waals surface area contributed by atoms with Crippen molar-refractivity contribution in [2.24, 2.45) is 5.92 Å². The fourth-order valence-electron chi connectivity index (χ4n) is 2.33. The Kier molecular flexibility index (Phi) is 3.38. The van der Waals surface area contributed by atoms with Crippen molar-refractivity contribution in [3.63, 3.8) is 0 Å². The van der Waals surface area contributed by atoms with Crippen molar-refractivity contribution >= 4 is 11.6 Å². The summed E-state index contributed by atoms with van der Waals surface area (Å²) in [6.07, 6.45) is 3.35. The van der Waals surface area contributed by atoms with Crippen LogP contribution in [-0.4, -0.2) is 9.55 Å². The molecule has 17 heavy (non-hydrogen) atoms. The third-order valence-corrected chi connectivity index (χ3v) is 3.65. The van der Waals surface area contributed by atoms with Crippen LogP contribution in [0.1, 0.15) is 38.6 Å². The number of hydrogen-bond acceptors (Lipinski definition) is 2. The lowest BCUT2D eigenvalue weighted by molar-refractivity contribution is 0.275. The number of aromatic amines is 1. The molecule has 4 nitrogen and oxygen atoms in total. The van der Waals surface area contributed by atoms with Crippen molar-refractivity contribution in [1.29, 1.82) is 0 Å². The molecule has 0 atom stereocenters. The number of hydrogen-bond donors (Lipinski definition) is 1. The molecule has 0 radical (unpaired) electrons. The molecule has 1 aliphatic rings. The highest BCUT2D eigenvalue weighted by molar-refractivity contribution is 6.29. The molecule has 0 unspecified atom stereocenters. The van der Waals surface area contributed by atoms with E-state index in [-0.39, 0.29) is 6.04 Å². The molecule has 2 rings (SSSR count). The van der Waals surface area contributed by atoms with Gasteiger partial charge < -0.3 is 0 Å². The topological polar surface area (TPSA) is 54.9 Å². The molecule has 0 saturated heterocycles. The van der Waals surface area contributed by atoms with Gasteiger partial charge in [-0.05, 0) is 31.6 Å². The molecular formula is C11H14ClFN2O2. The molecule has 94 valence electrons. The third-order valence-electron chi connectivity index (χ3n) is 3.39. The largest absolute Gasteiger partial charge is 0.329 e. The summed E-state index contributed by atoms with van der Waals surface area (Å²) in [5.74, 6) is -0.483. The lowest BCUT2D eigenvalue weighted by Gasteiger charge is -2.26. The second-order valence-corrected chi connectivity index (χ2v) is 5.02. The molecule has 1 heterocycles. The molecule has 1 aliphatic carbocycles. The summed E-state index contributed by atoms with van der Waals surface area (Å²) < 4.78 is 14.3. The quantitative estimate of drug-likeness (QED) is 0.786. The molecule has 0 amide bonds. The summed E-state index contributed by atoms with van der Waals surface area (Å²) in [5.41, 5.74) is -1.54. The van der Waals surface area contributed by atoms with E-state index in [9.17, 15) is 14.0 Å². The Morgan fingerprint density at radius 2 is 1.88 bits per heavy atom. The van der Waals surface area contributed by atoms with E-state index in [4.69, 9.17) is 11.6 Å². The van der Waals surface area contributed by atoms with Crippen LogP contribution in [0.3, 0.4) is 0 Å². The van der Waals surface area contributed by atoms with Gasteiger partial charge in [0.05, 0.1) is 0 Å². The zero-order valence-corrected chi connectivity index (χ0v) is 10.3. The van der Waals surface area contributed by atoms with E-state index in [0.29, 0.717) is 5.92 Å². The molecule has 1 saturated carbocycles.